The highest BCUT2D eigenvalue weighted by molar-refractivity contribution is 5.74. The van der Waals surface area contributed by atoms with Crippen LogP contribution in [0.2, 0.25) is 0 Å². The third kappa shape index (κ3) is 2.11. The van der Waals surface area contributed by atoms with Crippen molar-refractivity contribution in [2.24, 2.45) is 5.73 Å². The maximum Gasteiger partial charge on any atom is 0.168 e. The van der Waals surface area contributed by atoms with E-state index < -0.39 is 12.4 Å². The first kappa shape index (κ1) is 9.83. The molecule has 1 aromatic carbocycles. The average Bonchev–Trinajstić information content (AvgIpc) is 2.18. The molecule has 1 rings (SSSR count). The standard InChI is InChI=1S/C9H10FNO2/c10-6-9(11,13)8-3-1-7(5-12)2-4-8/h1-5,13H,6,11H2/t9-/m1/s1. The first-order valence-corrected chi connectivity index (χ1v) is 3.73. The van der Waals surface area contributed by atoms with Crippen molar-refractivity contribution < 1.29 is 14.3 Å². The number of nitrogens with two attached hydrogens (primary N) is 1. The summed E-state index contributed by atoms with van der Waals surface area (Å²) in [5, 5.41) is 9.27. The summed E-state index contributed by atoms with van der Waals surface area (Å²) in [5.74, 6) is 0. The molecule has 0 saturated heterocycles. The molecule has 13 heavy (non-hydrogen) atoms. The third-order valence-corrected chi connectivity index (χ3v) is 1.75. The van der Waals surface area contributed by atoms with Gasteiger partial charge in [-0.25, -0.2) is 4.39 Å². The van der Waals surface area contributed by atoms with Crippen molar-refractivity contribution in [3.63, 3.8) is 0 Å². The van der Waals surface area contributed by atoms with Crippen LogP contribution >= 0.6 is 0 Å². The molecular weight excluding hydrogens is 173 g/mol. The van der Waals surface area contributed by atoms with Crippen molar-refractivity contribution in [2.75, 3.05) is 6.67 Å². The molecule has 70 valence electrons. The summed E-state index contributed by atoms with van der Waals surface area (Å²) in [7, 11) is 0. The fourth-order valence-corrected chi connectivity index (χ4v) is 0.927. The van der Waals surface area contributed by atoms with Crippen molar-refractivity contribution in [1.82, 2.24) is 0 Å². The number of aldehydes is 1. The van der Waals surface area contributed by atoms with Gasteiger partial charge in [-0.2, -0.15) is 0 Å². The second-order valence-corrected chi connectivity index (χ2v) is 2.80. The summed E-state index contributed by atoms with van der Waals surface area (Å²) in [6.07, 6.45) is 0.662. The molecule has 3 nitrogen and oxygen atoms in total. The van der Waals surface area contributed by atoms with Crippen LogP contribution in [0.1, 0.15) is 15.9 Å². The largest absolute Gasteiger partial charge is 0.369 e. The minimum Gasteiger partial charge on any atom is -0.369 e. The molecule has 0 unspecified atom stereocenters. The van der Waals surface area contributed by atoms with E-state index in [1.807, 2.05) is 0 Å². The van der Waals surface area contributed by atoms with Crippen LogP contribution in [0.25, 0.3) is 0 Å². The number of alkyl halides is 1. The predicted octanol–water partition coefficient (Wildman–Crippen LogP) is 0.572. The van der Waals surface area contributed by atoms with Gasteiger partial charge in [0.25, 0.3) is 0 Å². The molecule has 0 fully saturated rings. The molecule has 1 atom stereocenters. The summed E-state index contributed by atoms with van der Waals surface area (Å²) in [6, 6.07) is 5.78. The Bertz CT molecular complexity index is 295. The molecule has 0 spiro atoms. The fraction of sp³-hybridized carbons (Fsp3) is 0.222. The maximum absolute atomic E-state index is 12.2. The molecule has 0 aromatic heterocycles. The van der Waals surface area contributed by atoms with Crippen LogP contribution in [0.5, 0.6) is 0 Å². The fourth-order valence-electron chi connectivity index (χ4n) is 0.927. The molecule has 0 aliphatic heterocycles. The molecule has 4 heteroatoms. The van der Waals surface area contributed by atoms with Gasteiger partial charge in [-0.3, -0.25) is 10.5 Å². The van der Waals surface area contributed by atoms with E-state index >= 15 is 0 Å². The van der Waals surface area contributed by atoms with E-state index in [0.717, 1.165) is 0 Å². The highest BCUT2D eigenvalue weighted by Gasteiger charge is 2.22. The van der Waals surface area contributed by atoms with Crippen molar-refractivity contribution >= 4 is 6.29 Å². The summed E-state index contributed by atoms with van der Waals surface area (Å²) in [4.78, 5) is 10.3. The average molecular weight is 183 g/mol. The first-order chi connectivity index (χ1) is 6.10. The van der Waals surface area contributed by atoms with Crippen molar-refractivity contribution in [3.8, 4) is 0 Å². The van der Waals surface area contributed by atoms with Gasteiger partial charge in [0, 0.05) is 11.1 Å². The van der Waals surface area contributed by atoms with Gasteiger partial charge in [0.2, 0.25) is 0 Å². The van der Waals surface area contributed by atoms with E-state index in [4.69, 9.17) is 5.73 Å². The Morgan fingerprint density at radius 1 is 1.46 bits per heavy atom. The molecule has 3 N–H and O–H groups in total. The number of benzene rings is 1. The zero-order chi connectivity index (χ0) is 9.90. The van der Waals surface area contributed by atoms with Gasteiger partial charge in [-0.15, -0.1) is 0 Å². The maximum atomic E-state index is 12.2. The summed E-state index contributed by atoms with van der Waals surface area (Å²) >= 11 is 0. The minimum absolute atomic E-state index is 0.251. The topological polar surface area (TPSA) is 63.3 Å². The van der Waals surface area contributed by atoms with E-state index in [2.05, 4.69) is 0 Å². The van der Waals surface area contributed by atoms with E-state index in [1.165, 1.54) is 24.3 Å². The van der Waals surface area contributed by atoms with Crippen LogP contribution in [0.15, 0.2) is 24.3 Å². The Kier molecular flexibility index (Phi) is 2.75. The van der Waals surface area contributed by atoms with Gasteiger partial charge in [0.05, 0.1) is 0 Å². The molecule has 0 saturated carbocycles. The lowest BCUT2D eigenvalue weighted by Gasteiger charge is -2.19. The van der Waals surface area contributed by atoms with Gasteiger partial charge in [-0.05, 0) is 0 Å². The molecule has 0 aliphatic carbocycles. The van der Waals surface area contributed by atoms with Crippen LogP contribution in [0, 0.1) is 0 Å². The van der Waals surface area contributed by atoms with Gasteiger partial charge in [0.15, 0.2) is 5.72 Å². The Morgan fingerprint density at radius 3 is 2.38 bits per heavy atom. The second-order valence-electron chi connectivity index (χ2n) is 2.80. The molecule has 0 aliphatic rings. The predicted molar refractivity (Wildman–Crippen MR) is 45.9 cm³/mol. The van der Waals surface area contributed by atoms with Gasteiger partial charge >= 0.3 is 0 Å². The summed E-state index contributed by atoms with van der Waals surface area (Å²) in [5.41, 5.74) is 3.97. The van der Waals surface area contributed by atoms with Crippen LogP contribution in [-0.2, 0) is 5.72 Å². The Morgan fingerprint density at radius 2 is 2.00 bits per heavy atom. The smallest absolute Gasteiger partial charge is 0.168 e. The van der Waals surface area contributed by atoms with Gasteiger partial charge < -0.3 is 5.11 Å². The molecular formula is C9H10FNO2. The zero-order valence-electron chi connectivity index (χ0n) is 6.90. The Balaban J connectivity index is 2.98. The number of rotatable bonds is 3. The van der Waals surface area contributed by atoms with Crippen molar-refractivity contribution in [3.05, 3.63) is 35.4 Å². The molecule has 1 aromatic rings. The Labute approximate surface area is 75.0 Å². The van der Waals surface area contributed by atoms with E-state index in [1.54, 1.807) is 0 Å². The lowest BCUT2D eigenvalue weighted by Crippen LogP contribution is -2.38. The molecule has 0 bridgehead atoms. The molecule has 0 amide bonds. The quantitative estimate of drug-likeness (QED) is 0.532. The van der Waals surface area contributed by atoms with E-state index in [0.29, 0.717) is 11.8 Å². The van der Waals surface area contributed by atoms with Crippen LogP contribution < -0.4 is 5.73 Å². The highest BCUT2D eigenvalue weighted by Crippen LogP contribution is 2.15. The number of hydrogen-bond donors (Lipinski definition) is 2. The lowest BCUT2D eigenvalue weighted by molar-refractivity contribution is 0.0173. The van der Waals surface area contributed by atoms with Gasteiger partial charge in [-0.1, -0.05) is 24.3 Å². The van der Waals surface area contributed by atoms with E-state index in [-0.39, 0.29) is 5.56 Å². The summed E-state index contributed by atoms with van der Waals surface area (Å²) in [6.45, 7) is -1.06. The van der Waals surface area contributed by atoms with Crippen LogP contribution in [0.3, 0.4) is 0 Å². The van der Waals surface area contributed by atoms with Crippen LogP contribution in [-0.4, -0.2) is 18.1 Å². The van der Waals surface area contributed by atoms with Crippen molar-refractivity contribution in [2.45, 2.75) is 5.72 Å². The lowest BCUT2D eigenvalue weighted by atomic mass is 10.0. The number of carbonyl (C=O) groups excluding carboxylic acids is 1. The SMILES string of the molecule is N[C@@](O)(CF)c1ccc(C=O)cc1. The number of carbonyl (C=O) groups is 1. The second kappa shape index (κ2) is 3.64. The van der Waals surface area contributed by atoms with E-state index in [9.17, 15) is 14.3 Å². The molecule has 0 heterocycles. The summed E-state index contributed by atoms with van der Waals surface area (Å²) < 4.78 is 12.2. The normalized spacial score (nSPS) is 15.0. The number of hydrogen-bond acceptors (Lipinski definition) is 3. The third-order valence-electron chi connectivity index (χ3n) is 1.75. The van der Waals surface area contributed by atoms with Crippen molar-refractivity contribution in [1.29, 1.82) is 0 Å². The monoisotopic (exact) mass is 183 g/mol. The highest BCUT2D eigenvalue weighted by atomic mass is 19.1. The van der Waals surface area contributed by atoms with Gasteiger partial charge in [0.1, 0.15) is 13.0 Å². The zero-order valence-corrected chi connectivity index (χ0v) is 6.90. The number of halogens is 1. The Hall–Kier alpha value is -1.26. The first-order valence-electron chi connectivity index (χ1n) is 3.73. The van der Waals surface area contributed by atoms with Crippen LogP contribution in [0.4, 0.5) is 4.39 Å². The molecule has 0 radical (unpaired) electrons. The number of aliphatic hydroxyl groups is 1. The minimum atomic E-state index is -1.96.